The lowest BCUT2D eigenvalue weighted by molar-refractivity contribution is -0.0588. The van der Waals surface area contributed by atoms with E-state index in [1.165, 1.54) is 0 Å². The minimum absolute atomic E-state index is 0.0131. The fourth-order valence-electron chi connectivity index (χ4n) is 7.84. The Balaban J connectivity index is 1.38. The first-order chi connectivity index (χ1) is 24.5. The molecule has 10 atom stereocenters. The minimum atomic E-state index is -3.76. The van der Waals surface area contributed by atoms with Gasteiger partial charge in [-0.3, -0.25) is 4.18 Å². The maximum atomic E-state index is 13.7. The van der Waals surface area contributed by atoms with E-state index in [-0.39, 0.29) is 54.5 Å². The molecule has 3 saturated heterocycles. The Bertz CT molecular complexity index is 1520. The topological polar surface area (TPSA) is 135 Å². The molecule has 0 bridgehead atoms. The highest BCUT2D eigenvalue weighted by molar-refractivity contribution is 7.91. The number of rotatable bonds is 21. The summed E-state index contributed by atoms with van der Waals surface area (Å²) in [5.41, 5.74) is 2.60. The Kier molecular flexibility index (Phi) is 16.0. The van der Waals surface area contributed by atoms with Crippen LogP contribution in [0.1, 0.15) is 98.0 Å². The Labute approximate surface area is 313 Å². The monoisotopic (exact) mass is 768 g/mol. The van der Waals surface area contributed by atoms with Crippen LogP contribution < -0.4 is 0 Å². The molecule has 3 fully saturated rings. The summed E-state index contributed by atoms with van der Waals surface area (Å²) >= 11 is 0. The molecule has 12 heteroatoms. The summed E-state index contributed by atoms with van der Waals surface area (Å²) in [4.78, 5) is 0.298. The van der Waals surface area contributed by atoms with Crippen LogP contribution in [-0.4, -0.2) is 90.1 Å². The number of aryl methyl sites for hydroxylation is 1. The van der Waals surface area contributed by atoms with Crippen LogP contribution in [0, 0.1) is 23.7 Å². The normalized spacial score (nSPS) is 28.2. The van der Waals surface area contributed by atoms with Crippen molar-refractivity contribution in [2.24, 2.45) is 23.7 Å². The molecule has 1 aromatic carbocycles. The van der Waals surface area contributed by atoms with Crippen molar-refractivity contribution in [1.82, 2.24) is 0 Å². The largest absolute Gasteiger partial charge is 0.389 e. The maximum absolute atomic E-state index is 13.7. The summed E-state index contributed by atoms with van der Waals surface area (Å²) in [5.74, 6) is -0.285. The summed E-state index contributed by atoms with van der Waals surface area (Å²) in [7, 11) is -7.37. The fourth-order valence-corrected chi connectivity index (χ4v) is 10.3. The predicted octanol–water partition coefficient (Wildman–Crippen LogP) is 6.80. The summed E-state index contributed by atoms with van der Waals surface area (Å²) in [6, 6.07) is 7.08. The first-order valence-corrected chi connectivity index (χ1v) is 22.7. The van der Waals surface area contributed by atoms with Crippen molar-refractivity contribution in [3.8, 4) is 0 Å². The summed E-state index contributed by atoms with van der Waals surface area (Å²) in [6.45, 7) is 20.0. The molecule has 1 unspecified atom stereocenters. The van der Waals surface area contributed by atoms with E-state index in [2.05, 4.69) is 33.9 Å². The molecular formula is C40H64O10S2. The second-order valence-corrected chi connectivity index (χ2v) is 19.2. The highest BCUT2D eigenvalue weighted by Crippen LogP contribution is 2.41. The van der Waals surface area contributed by atoms with Gasteiger partial charge in [0.05, 0.1) is 66.7 Å². The van der Waals surface area contributed by atoms with Crippen molar-refractivity contribution in [3.05, 3.63) is 54.1 Å². The molecule has 0 amide bonds. The van der Waals surface area contributed by atoms with Gasteiger partial charge in [-0.2, -0.15) is 8.42 Å². The third-order valence-corrected chi connectivity index (χ3v) is 13.9. The maximum Gasteiger partial charge on any atom is 0.264 e. The van der Waals surface area contributed by atoms with Crippen molar-refractivity contribution in [2.45, 2.75) is 147 Å². The quantitative estimate of drug-likeness (QED) is 0.105. The molecule has 4 rings (SSSR count). The van der Waals surface area contributed by atoms with Crippen LogP contribution in [-0.2, 0) is 49.5 Å². The van der Waals surface area contributed by atoms with Crippen molar-refractivity contribution in [1.29, 1.82) is 0 Å². The van der Waals surface area contributed by atoms with E-state index in [1.54, 1.807) is 12.1 Å². The number of ether oxygens (including phenoxy) is 4. The van der Waals surface area contributed by atoms with Crippen molar-refractivity contribution < 1.29 is 45.1 Å². The van der Waals surface area contributed by atoms with Crippen LogP contribution >= 0.6 is 0 Å². The van der Waals surface area contributed by atoms with Gasteiger partial charge in [0.15, 0.2) is 16.1 Å². The van der Waals surface area contributed by atoms with Gasteiger partial charge in [-0.05, 0) is 91.5 Å². The van der Waals surface area contributed by atoms with Gasteiger partial charge in [0, 0.05) is 18.8 Å². The van der Waals surface area contributed by atoms with E-state index in [1.807, 2.05) is 26.0 Å². The molecule has 3 heterocycles. The molecular weight excluding hydrogens is 705 g/mol. The van der Waals surface area contributed by atoms with Gasteiger partial charge in [0.2, 0.25) is 0 Å². The Hall–Kier alpha value is -1.64. The van der Waals surface area contributed by atoms with Crippen LogP contribution in [0.2, 0.25) is 0 Å². The third-order valence-electron chi connectivity index (χ3n) is 11.4. The van der Waals surface area contributed by atoms with Gasteiger partial charge < -0.3 is 24.1 Å². The number of sulfone groups is 1. The molecule has 0 saturated carbocycles. The van der Waals surface area contributed by atoms with Crippen LogP contribution in [0.15, 0.2) is 53.5 Å². The van der Waals surface area contributed by atoms with E-state index in [4.69, 9.17) is 23.1 Å². The molecule has 0 aromatic heterocycles. The number of hydrogen-bond donors (Lipinski definition) is 1. The average Bonchev–Trinajstić information content (AvgIpc) is 3.81. The van der Waals surface area contributed by atoms with Crippen molar-refractivity contribution >= 4 is 20.0 Å². The van der Waals surface area contributed by atoms with Gasteiger partial charge in [-0.1, -0.05) is 66.3 Å². The molecule has 3 aliphatic heterocycles. The average molecular weight is 769 g/mol. The summed E-state index contributed by atoms with van der Waals surface area (Å²) in [6.07, 6.45) is 4.84. The second kappa shape index (κ2) is 19.3. The summed E-state index contributed by atoms with van der Waals surface area (Å²) < 4.78 is 81.5. The smallest absolute Gasteiger partial charge is 0.264 e. The van der Waals surface area contributed by atoms with Gasteiger partial charge in [-0.25, -0.2) is 8.42 Å². The van der Waals surface area contributed by atoms with Gasteiger partial charge in [0.25, 0.3) is 10.1 Å². The van der Waals surface area contributed by atoms with Crippen molar-refractivity contribution in [3.63, 3.8) is 0 Å². The standard InChI is InChI=1S/C40H64O10S2/c1-9-26(3)21-38-30(7)35(25-52(44,45)34-15-11-31(10-2)12-16-34)39(49-38)24-36(41)29(6)27(4)22-33(50-51(8,42)43)13-17-37-28(5)23-32(48-37)14-18-40-46-19-20-47-40/h11-12,15-16,26-27,30,32-33,35-41H,5-6,9-10,13-14,17-25H2,1-4,7-8H3/t26-,27+,30+,32+,33-,35-,36+,37?,38-,39+/m1/s1. The second-order valence-electron chi connectivity index (χ2n) is 15.6. The number of benzene rings is 1. The molecule has 52 heavy (non-hydrogen) atoms. The lowest BCUT2D eigenvalue weighted by atomic mass is 9.83. The molecule has 0 aliphatic carbocycles. The highest BCUT2D eigenvalue weighted by Gasteiger charge is 2.45. The molecule has 3 aliphatic rings. The van der Waals surface area contributed by atoms with E-state index < -0.39 is 38.3 Å². The van der Waals surface area contributed by atoms with E-state index in [0.717, 1.165) is 55.9 Å². The molecule has 296 valence electrons. The van der Waals surface area contributed by atoms with Crippen molar-refractivity contribution in [2.75, 3.05) is 25.2 Å². The third kappa shape index (κ3) is 12.4. The van der Waals surface area contributed by atoms with E-state index >= 15 is 0 Å². The zero-order valence-corrected chi connectivity index (χ0v) is 33.8. The zero-order chi connectivity index (χ0) is 38.2. The first kappa shape index (κ1) is 43.1. The Morgan fingerprint density at radius 1 is 0.981 bits per heavy atom. The lowest BCUT2D eigenvalue weighted by Gasteiger charge is -2.28. The van der Waals surface area contributed by atoms with Crippen LogP contribution in [0.25, 0.3) is 0 Å². The van der Waals surface area contributed by atoms with Gasteiger partial charge >= 0.3 is 0 Å². The van der Waals surface area contributed by atoms with E-state index in [0.29, 0.717) is 48.9 Å². The fraction of sp³-hybridized carbons (Fsp3) is 0.750. The first-order valence-electron chi connectivity index (χ1n) is 19.3. The predicted molar refractivity (Wildman–Crippen MR) is 203 cm³/mol. The number of hydrogen-bond acceptors (Lipinski definition) is 10. The van der Waals surface area contributed by atoms with E-state index in [9.17, 15) is 21.9 Å². The molecule has 10 nitrogen and oxygen atoms in total. The SMILES string of the molecule is C=C1C[C@H](CCC2OCCO2)OC1CC[C@H](C[C@H](C)C(=C)[C@@H](O)C[C@@H]1O[C@H](C[C@H](C)CC)[C@@H](C)[C@H]1CS(=O)(=O)c1ccc(CC)cc1)OS(C)(=O)=O. The molecule has 0 radical (unpaired) electrons. The lowest BCUT2D eigenvalue weighted by Crippen LogP contribution is -2.32. The molecule has 1 aromatic rings. The molecule has 1 N–H and O–H groups in total. The number of aliphatic hydroxyl groups excluding tert-OH is 1. The van der Waals surface area contributed by atoms with Crippen LogP contribution in [0.3, 0.4) is 0 Å². The van der Waals surface area contributed by atoms with Gasteiger partial charge in [-0.15, -0.1) is 0 Å². The minimum Gasteiger partial charge on any atom is -0.389 e. The highest BCUT2D eigenvalue weighted by atomic mass is 32.2. The zero-order valence-electron chi connectivity index (χ0n) is 32.2. The summed E-state index contributed by atoms with van der Waals surface area (Å²) in [5, 5.41) is 11.5. The van der Waals surface area contributed by atoms with Crippen LogP contribution in [0.5, 0.6) is 0 Å². The molecule has 0 spiro atoms. The Morgan fingerprint density at radius 2 is 1.65 bits per heavy atom. The number of aliphatic hydroxyl groups is 1. The van der Waals surface area contributed by atoms with Crippen LogP contribution in [0.4, 0.5) is 0 Å². The Morgan fingerprint density at radius 3 is 2.27 bits per heavy atom. The van der Waals surface area contributed by atoms with Gasteiger partial charge in [0.1, 0.15) is 0 Å².